The third kappa shape index (κ3) is 4.46. The van der Waals surface area contributed by atoms with Crippen LogP contribution in [0.4, 0.5) is 25.0 Å². The molecular weight excluding hydrogens is 420 g/mol. The van der Waals surface area contributed by atoms with Crippen LogP contribution in [0.15, 0.2) is 24.4 Å². The molecular formula is C20H20ClF2N3O4. The number of halogens is 3. The number of hydrogen-bond acceptors (Lipinski definition) is 5. The molecule has 1 aromatic heterocycles. The number of aromatic nitrogens is 1. The van der Waals surface area contributed by atoms with Crippen LogP contribution in [-0.4, -0.2) is 35.7 Å². The van der Waals surface area contributed by atoms with Crippen LogP contribution in [0.3, 0.4) is 0 Å². The molecule has 160 valence electrons. The minimum atomic E-state index is -1.05. The van der Waals surface area contributed by atoms with Crippen LogP contribution in [0.1, 0.15) is 26.3 Å². The summed E-state index contributed by atoms with van der Waals surface area (Å²) in [6.07, 6.45) is 0.856. The summed E-state index contributed by atoms with van der Waals surface area (Å²) in [4.78, 5) is 31.1. The van der Waals surface area contributed by atoms with Crippen LogP contribution >= 0.6 is 11.6 Å². The molecule has 0 bridgehead atoms. The van der Waals surface area contributed by atoms with Crippen LogP contribution in [0.25, 0.3) is 0 Å². The van der Waals surface area contributed by atoms with Crippen molar-refractivity contribution in [3.05, 3.63) is 46.6 Å². The Hall–Kier alpha value is -2.94. The van der Waals surface area contributed by atoms with Gasteiger partial charge in [0.1, 0.15) is 23.3 Å². The Kier molecular flexibility index (Phi) is 5.85. The number of pyridine rings is 1. The number of anilines is 2. The predicted molar refractivity (Wildman–Crippen MR) is 107 cm³/mol. The lowest BCUT2D eigenvalue weighted by Crippen LogP contribution is -2.47. The molecule has 1 aliphatic heterocycles. The van der Waals surface area contributed by atoms with Crippen molar-refractivity contribution in [3.63, 3.8) is 0 Å². The summed E-state index contributed by atoms with van der Waals surface area (Å²) < 4.78 is 38.0. The average Bonchev–Trinajstić information content (AvgIpc) is 3.03. The first-order chi connectivity index (χ1) is 14.0. The average molecular weight is 440 g/mol. The lowest BCUT2D eigenvalue weighted by molar-refractivity contribution is -0.117. The number of nitrogens with zero attached hydrogens (tertiary/aromatic N) is 2. The summed E-state index contributed by atoms with van der Waals surface area (Å²) in [5, 5.41) is 2.02. The Morgan fingerprint density at radius 2 is 1.93 bits per heavy atom. The van der Waals surface area contributed by atoms with Gasteiger partial charge >= 0.3 is 6.09 Å². The number of nitrogens with one attached hydrogen (secondary N) is 1. The molecule has 0 spiro atoms. The summed E-state index contributed by atoms with van der Waals surface area (Å²) in [6, 6.07) is 2.00. The van der Waals surface area contributed by atoms with Crippen molar-refractivity contribution in [2.75, 3.05) is 17.3 Å². The molecule has 7 nitrogen and oxygen atoms in total. The van der Waals surface area contributed by atoms with E-state index in [9.17, 15) is 18.4 Å². The molecule has 2 heterocycles. The molecule has 10 heteroatoms. The molecule has 1 aromatic carbocycles. The third-order valence-electron chi connectivity index (χ3n) is 4.29. The number of hydrogen-bond donors (Lipinski definition) is 1. The zero-order valence-corrected chi connectivity index (χ0v) is 17.5. The molecule has 1 atom stereocenters. The SMILES string of the molecule is COc1cc2c(cn1)CC(C(=O)Nc1cc(Cl)c(F)cc1F)N2C(=O)OC(C)(C)C. The van der Waals surface area contributed by atoms with Gasteiger partial charge in [-0.1, -0.05) is 11.6 Å². The Morgan fingerprint density at radius 1 is 1.23 bits per heavy atom. The smallest absolute Gasteiger partial charge is 0.415 e. The Balaban J connectivity index is 1.94. The second-order valence-corrected chi connectivity index (χ2v) is 8.07. The number of rotatable bonds is 3. The van der Waals surface area contributed by atoms with Gasteiger partial charge in [0.25, 0.3) is 0 Å². The van der Waals surface area contributed by atoms with E-state index in [0.29, 0.717) is 17.3 Å². The largest absolute Gasteiger partial charge is 0.481 e. The maximum atomic E-state index is 14.1. The van der Waals surface area contributed by atoms with Gasteiger partial charge in [-0.05, 0) is 32.4 Å². The molecule has 0 saturated carbocycles. The molecule has 0 fully saturated rings. The number of benzene rings is 1. The highest BCUT2D eigenvalue weighted by molar-refractivity contribution is 6.31. The first-order valence-electron chi connectivity index (χ1n) is 9.00. The minimum Gasteiger partial charge on any atom is -0.481 e. The number of carbonyl (C=O) groups excluding carboxylic acids is 2. The highest BCUT2D eigenvalue weighted by Gasteiger charge is 2.41. The topological polar surface area (TPSA) is 80.8 Å². The van der Waals surface area contributed by atoms with E-state index in [1.807, 2.05) is 0 Å². The Morgan fingerprint density at radius 3 is 2.57 bits per heavy atom. The summed E-state index contributed by atoms with van der Waals surface area (Å²) in [5.74, 6) is -2.39. The van der Waals surface area contributed by atoms with Crippen LogP contribution in [0.2, 0.25) is 5.02 Å². The quantitative estimate of drug-likeness (QED) is 0.720. The summed E-state index contributed by atoms with van der Waals surface area (Å²) in [6.45, 7) is 5.08. The molecule has 1 aliphatic rings. The van der Waals surface area contributed by atoms with Gasteiger partial charge in [0.15, 0.2) is 0 Å². The zero-order valence-electron chi connectivity index (χ0n) is 16.8. The lowest BCUT2D eigenvalue weighted by Gasteiger charge is -2.28. The van der Waals surface area contributed by atoms with E-state index < -0.39 is 35.3 Å². The van der Waals surface area contributed by atoms with E-state index in [0.717, 1.165) is 6.07 Å². The fraction of sp³-hybridized carbons (Fsp3) is 0.350. The van der Waals surface area contributed by atoms with E-state index in [1.165, 1.54) is 24.3 Å². The highest BCUT2D eigenvalue weighted by Crippen LogP contribution is 2.36. The minimum absolute atomic E-state index is 0.119. The third-order valence-corrected chi connectivity index (χ3v) is 4.58. The second-order valence-electron chi connectivity index (χ2n) is 7.66. The molecule has 30 heavy (non-hydrogen) atoms. The zero-order chi connectivity index (χ0) is 22.2. The number of ether oxygens (including phenoxy) is 2. The molecule has 0 saturated heterocycles. The van der Waals surface area contributed by atoms with Gasteiger partial charge in [0.2, 0.25) is 11.8 Å². The van der Waals surface area contributed by atoms with Gasteiger partial charge in [-0.3, -0.25) is 9.69 Å². The van der Waals surface area contributed by atoms with Gasteiger partial charge in [0.05, 0.1) is 23.5 Å². The standard InChI is InChI=1S/C20H20ClF2N3O4/c1-20(2,3)30-19(28)26-15-8-17(29-4)24-9-10(15)5-16(26)18(27)25-14-6-11(21)12(22)7-13(14)23/h6-9,16H,5H2,1-4H3,(H,25,27). The number of methoxy groups -OCH3 is 1. The Labute approximate surface area is 176 Å². The maximum absolute atomic E-state index is 14.1. The molecule has 0 aliphatic carbocycles. The van der Waals surface area contributed by atoms with Gasteiger partial charge in [-0.15, -0.1) is 0 Å². The van der Waals surface area contributed by atoms with Crippen molar-refractivity contribution in [1.82, 2.24) is 4.98 Å². The van der Waals surface area contributed by atoms with E-state index in [4.69, 9.17) is 21.1 Å². The first-order valence-corrected chi connectivity index (χ1v) is 9.38. The fourth-order valence-electron chi connectivity index (χ4n) is 3.00. The normalized spacial score (nSPS) is 15.6. The number of amides is 2. The highest BCUT2D eigenvalue weighted by atomic mass is 35.5. The van der Waals surface area contributed by atoms with Crippen LogP contribution < -0.4 is 15.0 Å². The predicted octanol–water partition coefficient (Wildman–Crippen LogP) is 4.33. The lowest BCUT2D eigenvalue weighted by atomic mass is 10.1. The van der Waals surface area contributed by atoms with Crippen molar-refractivity contribution in [3.8, 4) is 5.88 Å². The van der Waals surface area contributed by atoms with Gasteiger partial charge in [-0.2, -0.15) is 0 Å². The maximum Gasteiger partial charge on any atom is 0.415 e. The molecule has 1 unspecified atom stereocenters. The summed E-state index contributed by atoms with van der Waals surface area (Å²) >= 11 is 5.69. The van der Waals surface area contributed by atoms with Gasteiger partial charge in [-0.25, -0.2) is 18.6 Å². The molecule has 0 radical (unpaired) electrons. The second kappa shape index (κ2) is 8.06. The van der Waals surface area contributed by atoms with Crippen molar-refractivity contribution in [2.24, 2.45) is 0 Å². The fourth-order valence-corrected chi connectivity index (χ4v) is 3.16. The van der Waals surface area contributed by atoms with Crippen molar-refractivity contribution in [2.45, 2.75) is 38.8 Å². The van der Waals surface area contributed by atoms with Crippen molar-refractivity contribution in [1.29, 1.82) is 0 Å². The van der Waals surface area contributed by atoms with Crippen molar-refractivity contribution >= 4 is 35.0 Å². The summed E-state index contributed by atoms with van der Waals surface area (Å²) in [5.41, 5.74) is -0.107. The van der Waals surface area contributed by atoms with Crippen LogP contribution in [0.5, 0.6) is 5.88 Å². The number of carbonyl (C=O) groups is 2. The molecule has 2 amide bonds. The number of fused-ring (bicyclic) bond motifs is 1. The van der Waals surface area contributed by atoms with Crippen LogP contribution in [-0.2, 0) is 16.0 Å². The van der Waals surface area contributed by atoms with Gasteiger partial charge < -0.3 is 14.8 Å². The summed E-state index contributed by atoms with van der Waals surface area (Å²) in [7, 11) is 1.42. The molecule has 1 N–H and O–H groups in total. The molecule has 2 aromatic rings. The van der Waals surface area contributed by atoms with E-state index in [2.05, 4.69) is 10.3 Å². The van der Waals surface area contributed by atoms with Gasteiger partial charge in [0, 0.05) is 24.8 Å². The van der Waals surface area contributed by atoms with Crippen molar-refractivity contribution < 1.29 is 27.8 Å². The van der Waals surface area contributed by atoms with E-state index in [-0.39, 0.29) is 23.0 Å². The Bertz CT molecular complexity index is 1010. The van der Waals surface area contributed by atoms with Crippen LogP contribution in [0, 0.1) is 11.6 Å². The molecule has 3 rings (SSSR count). The monoisotopic (exact) mass is 439 g/mol. The van der Waals surface area contributed by atoms with E-state index >= 15 is 0 Å². The van der Waals surface area contributed by atoms with E-state index in [1.54, 1.807) is 20.8 Å². The first kappa shape index (κ1) is 21.8.